The fourth-order valence-electron chi connectivity index (χ4n) is 3.49. The van der Waals surface area contributed by atoms with Crippen molar-refractivity contribution in [1.29, 1.82) is 0 Å². The first-order valence-corrected chi connectivity index (χ1v) is 7.61. The molecule has 0 unspecified atom stereocenters. The normalized spacial score (nSPS) is 17.9. The second-order valence-corrected chi connectivity index (χ2v) is 6.03. The van der Waals surface area contributed by atoms with Crippen molar-refractivity contribution < 1.29 is 5.11 Å². The summed E-state index contributed by atoms with van der Waals surface area (Å²) in [5, 5.41) is 11.0. The molecule has 0 spiro atoms. The average molecular weight is 286 g/mol. The lowest BCUT2D eigenvalue weighted by atomic mass is 9.80. The monoisotopic (exact) mass is 286 g/mol. The van der Waals surface area contributed by atoms with Gasteiger partial charge in [-0.2, -0.15) is 0 Å². The van der Waals surface area contributed by atoms with Crippen LogP contribution in [0.3, 0.4) is 0 Å². The molecule has 4 heteroatoms. The molecule has 1 heterocycles. The number of aliphatic hydroxyl groups is 1. The predicted molar refractivity (Wildman–Crippen MR) is 82.7 cm³/mol. The first-order chi connectivity index (χ1) is 10.0. The van der Waals surface area contributed by atoms with Crippen molar-refractivity contribution in [2.45, 2.75) is 44.6 Å². The third kappa shape index (κ3) is 2.23. The van der Waals surface area contributed by atoms with E-state index in [0.717, 1.165) is 30.6 Å². The van der Waals surface area contributed by atoms with Crippen molar-refractivity contribution in [1.82, 2.24) is 9.36 Å². The van der Waals surface area contributed by atoms with Crippen LogP contribution in [0.15, 0.2) is 35.1 Å². The summed E-state index contributed by atoms with van der Waals surface area (Å²) in [6.07, 6.45) is 4.47. The van der Waals surface area contributed by atoms with E-state index in [1.807, 2.05) is 49.0 Å². The zero-order valence-corrected chi connectivity index (χ0v) is 12.7. The fourth-order valence-corrected chi connectivity index (χ4v) is 3.49. The lowest BCUT2D eigenvalue weighted by Gasteiger charge is -2.31. The third-order valence-corrected chi connectivity index (χ3v) is 4.70. The third-order valence-electron chi connectivity index (χ3n) is 4.70. The van der Waals surface area contributed by atoms with Gasteiger partial charge in [-0.3, -0.25) is 9.48 Å². The molecule has 3 rings (SSSR count). The maximum Gasteiger partial charge on any atom is 0.277 e. The molecule has 0 radical (unpaired) electrons. The van der Waals surface area contributed by atoms with Gasteiger partial charge < -0.3 is 5.11 Å². The Morgan fingerprint density at radius 1 is 1.10 bits per heavy atom. The van der Waals surface area contributed by atoms with Gasteiger partial charge in [-0.1, -0.05) is 37.5 Å². The van der Waals surface area contributed by atoms with Gasteiger partial charge in [0.1, 0.15) is 0 Å². The second kappa shape index (κ2) is 5.19. The maximum atomic E-state index is 12.9. The van der Waals surface area contributed by atoms with Gasteiger partial charge in [0, 0.05) is 12.7 Å². The summed E-state index contributed by atoms with van der Waals surface area (Å²) in [7, 11) is 1.87. The lowest BCUT2D eigenvalue weighted by molar-refractivity contribution is -0.00221. The highest BCUT2D eigenvalue weighted by atomic mass is 16.3. The van der Waals surface area contributed by atoms with Crippen LogP contribution >= 0.6 is 0 Å². The molecule has 112 valence electrons. The minimum atomic E-state index is -0.961. The van der Waals surface area contributed by atoms with Crippen molar-refractivity contribution in [3.05, 3.63) is 51.9 Å². The van der Waals surface area contributed by atoms with E-state index in [4.69, 9.17) is 0 Å². The Kier molecular flexibility index (Phi) is 3.49. The first kappa shape index (κ1) is 14.1. The number of aromatic nitrogens is 2. The van der Waals surface area contributed by atoms with Gasteiger partial charge in [0.25, 0.3) is 5.56 Å². The molecule has 1 aromatic carbocycles. The van der Waals surface area contributed by atoms with Gasteiger partial charge >= 0.3 is 0 Å². The van der Waals surface area contributed by atoms with E-state index in [-0.39, 0.29) is 5.56 Å². The van der Waals surface area contributed by atoms with Crippen LogP contribution in [-0.4, -0.2) is 14.5 Å². The fraction of sp³-hybridized carbons (Fsp3) is 0.471. The van der Waals surface area contributed by atoms with Gasteiger partial charge in [0.05, 0.1) is 16.9 Å². The second-order valence-electron chi connectivity index (χ2n) is 6.03. The van der Waals surface area contributed by atoms with Gasteiger partial charge in [-0.25, -0.2) is 4.68 Å². The minimum Gasteiger partial charge on any atom is -0.385 e. The number of para-hydroxylation sites is 1. The maximum absolute atomic E-state index is 12.9. The van der Waals surface area contributed by atoms with E-state index in [2.05, 4.69) is 0 Å². The van der Waals surface area contributed by atoms with Gasteiger partial charge in [-0.15, -0.1) is 0 Å². The van der Waals surface area contributed by atoms with Crippen LogP contribution in [0.5, 0.6) is 0 Å². The molecular formula is C17H22N2O2. The molecule has 1 aromatic heterocycles. The van der Waals surface area contributed by atoms with E-state index in [1.54, 1.807) is 4.68 Å². The van der Waals surface area contributed by atoms with Crippen molar-refractivity contribution in [3.63, 3.8) is 0 Å². The summed E-state index contributed by atoms with van der Waals surface area (Å²) in [6, 6.07) is 9.59. The molecule has 0 bridgehead atoms. The van der Waals surface area contributed by atoms with Gasteiger partial charge in [-0.05, 0) is 31.9 Å². The molecule has 0 saturated heterocycles. The summed E-state index contributed by atoms with van der Waals surface area (Å²) in [5.41, 5.74) is 1.21. The Balaban J connectivity index is 2.18. The number of nitrogens with zero attached hydrogens (tertiary/aromatic N) is 2. The van der Waals surface area contributed by atoms with Gasteiger partial charge in [0.2, 0.25) is 0 Å². The van der Waals surface area contributed by atoms with Crippen LogP contribution in [0.2, 0.25) is 0 Å². The smallest absolute Gasteiger partial charge is 0.277 e. The quantitative estimate of drug-likeness (QED) is 0.922. The van der Waals surface area contributed by atoms with E-state index >= 15 is 0 Å². The lowest BCUT2D eigenvalue weighted by Crippen LogP contribution is -2.35. The van der Waals surface area contributed by atoms with Crippen LogP contribution in [-0.2, 0) is 12.6 Å². The molecule has 0 atom stereocenters. The van der Waals surface area contributed by atoms with E-state index in [1.165, 1.54) is 0 Å². The van der Waals surface area contributed by atoms with Crippen LogP contribution in [0.1, 0.15) is 43.4 Å². The zero-order chi connectivity index (χ0) is 15.0. The summed E-state index contributed by atoms with van der Waals surface area (Å²) >= 11 is 0. The van der Waals surface area contributed by atoms with E-state index < -0.39 is 5.60 Å². The Morgan fingerprint density at radius 3 is 2.33 bits per heavy atom. The molecular weight excluding hydrogens is 264 g/mol. The minimum absolute atomic E-state index is 0.0920. The molecule has 1 saturated carbocycles. The Hall–Kier alpha value is -1.81. The average Bonchev–Trinajstić information content (AvgIpc) is 2.71. The summed E-state index contributed by atoms with van der Waals surface area (Å²) in [5.74, 6) is 0. The summed E-state index contributed by atoms with van der Waals surface area (Å²) in [6.45, 7) is 1.92. The summed E-state index contributed by atoms with van der Waals surface area (Å²) in [4.78, 5) is 12.9. The topological polar surface area (TPSA) is 47.2 Å². The highest BCUT2D eigenvalue weighted by Gasteiger charge is 2.37. The number of hydrogen-bond acceptors (Lipinski definition) is 2. The van der Waals surface area contributed by atoms with Crippen LogP contribution < -0.4 is 5.56 Å². The molecule has 4 nitrogen and oxygen atoms in total. The molecule has 1 aliphatic carbocycles. The Labute approximate surface area is 124 Å². The molecule has 21 heavy (non-hydrogen) atoms. The van der Waals surface area contributed by atoms with E-state index in [9.17, 15) is 9.90 Å². The number of benzene rings is 1. The Bertz CT molecular complexity index is 692. The van der Waals surface area contributed by atoms with E-state index in [0.29, 0.717) is 18.4 Å². The van der Waals surface area contributed by atoms with Gasteiger partial charge in [0.15, 0.2) is 0 Å². The highest BCUT2D eigenvalue weighted by molar-refractivity contribution is 5.35. The van der Waals surface area contributed by atoms with Crippen molar-refractivity contribution in [2.24, 2.45) is 7.05 Å². The first-order valence-electron chi connectivity index (χ1n) is 7.61. The molecule has 1 fully saturated rings. The van der Waals surface area contributed by atoms with Crippen LogP contribution in [0.4, 0.5) is 0 Å². The molecule has 1 N–H and O–H groups in total. The van der Waals surface area contributed by atoms with Crippen LogP contribution in [0.25, 0.3) is 5.69 Å². The standard InChI is InChI=1S/C17H22N2O2/c1-13-15(17(21)11-7-4-8-12-17)16(20)19(18(13)2)14-9-5-3-6-10-14/h3,5-6,9-10,21H,4,7-8,11-12H2,1-2H3. The number of rotatable bonds is 2. The SMILES string of the molecule is Cc1c(C2(O)CCCCC2)c(=O)n(-c2ccccc2)n1C. The molecule has 0 aliphatic heterocycles. The van der Waals surface area contributed by atoms with Crippen molar-refractivity contribution in [2.75, 3.05) is 0 Å². The predicted octanol–water partition coefficient (Wildman–Crippen LogP) is 2.64. The van der Waals surface area contributed by atoms with Crippen molar-refractivity contribution >= 4 is 0 Å². The molecule has 2 aromatic rings. The molecule has 0 amide bonds. The summed E-state index contributed by atoms with van der Waals surface area (Å²) < 4.78 is 3.50. The Morgan fingerprint density at radius 2 is 1.71 bits per heavy atom. The highest BCUT2D eigenvalue weighted by Crippen LogP contribution is 2.37. The largest absolute Gasteiger partial charge is 0.385 e. The zero-order valence-electron chi connectivity index (χ0n) is 12.7. The number of hydrogen-bond donors (Lipinski definition) is 1. The van der Waals surface area contributed by atoms with Crippen molar-refractivity contribution in [3.8, 4) is 5.69 Å². The van der Waals surface area contributed by atoms with Crippen LogP contribution in [0, 0.1) is 6.92 Å². The molecule has 1 aliphatic rings.